The van der Waals surface area contributed by atoms with Crippen LogP contribution in [0.3, 0.4) is 0 Å². The molecule has 0 radical (unpaired) electrons. The Morgan fingerprint density at radius 2 is 1.86 bits per heavy atom. The standard InChI is InChI=1S/C33H38N8O2/c1-2-7-23-14-15-35-27(22-23)37-33(43)25-12-10-24(11-13-25)29-30-31(34)36-16-21-41(30)32(38-29)26-8-5-20-40(26)28(42)9-6-19-39-17-3-4-18-39/h6,9-16,21-22,26H,2-5,7-8,17-20H2,1H3,(H2,34,36)(H,35,37,43). The first-order chi connectivity index (χ1) is 21.0. The van der Waals surface area contributed by atoms with E-state index in [9.17, 15) is 9.59 Å². The molecule has 3 N–H and O–H groups in total. The van der Waals surface area contributed by atoms with E-state index in [2.05, 4.69) is 27.1 Å². The summed E-state index contributed by atoms with van der Waals surface area (Å²) >= 11 is 0. The third-order valence-corrected chi connectivity index (χ3v) is 8.29. The highest BCUT2D eigenvalue weighted by molar-refractivity contribution is 6.04. The number of pyridine rings is 1. The van der Waals surface area contributed by atoms with Gasteiger partial charge in [-0.1, -0.05) is 31.6 Å². The van der Waals surface area contributed by atoms with Crippen molar-refractivity contribution in [3.05, 3.63) is 84.1 Å². The van der Waals surface area contributed by atoms with Gasteiger partial charge in [-0.2, -0.15) is 0 Å². The van der Waals surface area contributed by atoms with Crippen molar-refractivity contribution in [2.24, 2.45) is 0 Å². The monoisotopic (exact) mass is 578 g/mol. The van der Waals surface area contributed by atoms with E-state index in [4.69, 9.17) is 10.7 Å². The maximum atomic E-state index is 13.3. The van der Waals surface area contributed by atoms with E-state index in [0.717, 1.165) is 62.3 Å². The maximum absolute atomic E-state index is 13.3. The summed E-state index contributed by atoms with van der Waals surface area (Å²) in [6.45, 7) is 5.80. The molecule has 4 aromatic rings. The van der Waals surface area contributed by atoms with Crippen molar-refractivity contribution >= 4 is 29.0 Å². The van der Waals surface area contributed by atoms with E-state index in [0.29, 0.717) is 35.0 Å². The summed E-state index contributed by atoms with van der Waals surface area (Å²) in [5.41, 5.74) is 10.2. The molecule has 5 heterocycles. The van der Waals surface area contributed by atoms with Gasteiger partial charge < -0.3 is 16.0 Å². The number of nitrogens with zero attached hydrogens (tertiary/aromatic N) is 6. The van der Waals surface area contributed by atoms with Crippen LogP contribution in [-0.2, 0) is 11.2 Å². The normalized spacial score (nSPS) is 17.3. The first-order valence-corrected chi connectivity index (χ1v) is 15.2. The number of amides is 2. The number of carbonyl (C=O) groups excluding carboxylic acids is 2. The van der Waals surface area contributed by atoms with Gasteiger partial charge in [0.25, 0.3) is 5.91 Å². The zero-order valence-corrected chi connectivity index (χ0v) is 24.6. The Hall–Kier alpha value is -4.57. The van der Waals surface area contributed by atoms with Crippen molar-refractivity contribution in [2.75, 3.05) is 37.2 Å². The van der Waals surface area contributed by atoms with Crippen LogP contribution in [0.2, 0.25) is 0 Å². The molecule has 2 saturated heterocycles. The molecule has 0 spiro atoms. The smallest absolute Gasteiger partial charge is 0.256 e. The summed E-state index contributed by atoms with van der Waals surface area (Å²) in [4.78, 5) is 44.2. The van der Waals surface area contributed by atoms with Gasteiger partial charge in [-0.05, 0) is 75.0 Å². The molecule has 6 rings (SSSR count). The predicted octanol–water partition coefficient (Wildman–Crippen LogP) is 4.89. The van der Waals surface area contributed by atoms with Crippen molar-refractivity contribution in [1.29, 1.82) is 0 Å². The van der Waals surface area contributed by atoms with Crippen molar-refractivity contribution in [3.63, 3.8) is 0 Å². The number of hydrogen-bond acceptors (Lipinski definition) is 7. The molecule has 3 aromatic heterocycles. The number of benzene rings is 1. The van der Waals surface area contributed by atoms with Gasteiger partial charge >= 0.3 is 0 Å². The first-order valence-electron chi connectivity index (χ1n) is 15.2. The fraction of sp³-hybridized carbons (Fsp3) is 0.364. The number of carbonyl (C=O) groups is 2. The topological polar surface area (TPSA) is 122 Å². The van der Waals surface area contributed by atoms with Gasteiger partial charge in [0, 0.05) is 48.9 Å². The lowest BCUT2D eigenvalue weighted by atomic mass is 10.1. The van der Waals surface area contributed by atoms with Crippen LogP contribution in [0, 0.1) is 0 Å². The van der Waals surface area contributed by atoms with Gasteiger partial charge in [-0.15, -0.1) is 0 Å². The number of aryl methyl sites for hydroxylation is 1. The zero-order chi connectivity index (χ0) is 29.8. The predicted molar refractivity (Wildman–Crippen MR) is 168 cm³/mol. The molecular weight excluding hydrogens is 540 g/mol. The molecule has 222 valence electrons. The van der Waals surface area contributed by atoms with Gasteiger partial charge in [0.05, 0.1) is 6.04 Å². The molecular formula is C33H38N8O2. The van der Waals surface area contributed by atoms with Crippen molar-refractivity contribution in [3.8, 4) is 11.3 Å². The van der Waals surface area contributed by atoms with Crippen LogP contribution < -0.4 is 11.1 Å². The van der Waals surface area contributed by atoms with Crippen molar-refractivity contribution in [1.82, 2.24) is 29.2 Å². The quantitative estimate of drug-likeness (QED) is 0.271. The largest absolute Gasteiger partial charge is 0.382 e. The molecule has 1 unspecified atom stereocenters. The SMILES string of the molecule is CCCc1ccnc(NC(=O)c2ccc(-c3nc(C4CCCN4C(=O)C=CCN4CCCC4)n4ccnc(N)c34)cc2)c1. The van der Waals surface area contributed by atoms with Gasteiger partial charge in [0.2, 0.25) is 5.91 Å². The summed E-state index contributed by atoms with van der Waals surface area (Å²) < 4.78 is 1.96. The van der Waals surface area contributed by atoms with Crippen LogP contribution in [-0.4, -0.2) is 67.1 Å². The zero-order valence-electron chi connectivity index (χ0n) is 24.6. The highest BCUT2D eigenvalue weighted by Gasteiger charge is 2.33. The number of imidazole rings is 1. The second-order valence-corrected chi connectivity index (χ2v) is 11.3. The Kier molecular flexibility index (Phi) is 8.46. The lowest BCUT2D eigenvalue weighted by Gasteiger charge is -2.22. The number of likely N-dealkylation sites (tertiary alicyclic amines) is 2. The number of nitrogens with two attached hydrogens (primary N) is 1. The summed E-state index contributed by atoms with van der Waals surface area (Å²) in [7, 11) is 0. The van der Waals surface area contributed by atoms with E-state index in [-0.39, 0.29) is 17.9 Å². The minimum Gasteiger partial charge on any atom is -0.382 e. The Bertz CT molecular complexity index is 1640. The van der Waals surface area contributed by atoms with E-state index in [1.807, 2.05) is 45.8 Å². The summed E-state index contributed by atoms with van der Waals surface area (Å²) in [5, 5.41) is 2.90. The molecule has 43 heavy (non-hydrogen) atoms. The molecule has 2 aliphatic rings. The molecule has 2 fully saturated rings. The van der Waals surface area contributed by atoms with Crippen LogP contribution in [0.4, 0.5) is 11.6 Å². The van der Waals surface area contributed by atoms with Gasteiger partial charge in [0.15, 0.2) is 0 Å². The minimum atomic E-state index is -0.234. The Balaban J connectivity index is 1.24. The number of nitrogens with one attached hydrogen (secondary N) is 1. The van der Waals surface area contributed by atoms with E-state index in [1.165, 1.54) is 12.8 Å². The molecule has 0 bridgehead atoms. The molecule has 10 heteroatoms. The fourth-order valence-electron chi connectivity index (χ4n) is 6.14. The second-order valence-electron chi connectivity index (χ2n) is 11.3. The number of fused-ring (bicyclic) bond motifs is 1. The first kappa shape index (κ1) is 28.5. The van der Waals surface area contributed by atoms with E-state index in [1.54, 1.807) is 30.6 Å². The number of nitrogen functional groups attached to an aromatic ring is 1. The third kappa shape index (κ3) is 6.15. The van der Waals surface area contributed by atoms with Crippen molar-refractivity contribution < 1.29 is 9.59 Å². The maximum Gasteiger partial charge on any atom is 0.256 e. The molecule has 10 nitrogen and oxygen atoms in total. The number of rotatable bonds is 9. The molecule has 0 aliphatic carbocycles. The van der Waals surface area contributed by atoms with Crippen LogP contribution in [0.15, 0.2) is 67.1 Å². The van der Waals surface area contributed by atoms with Crippen molar-refractivity contribution in [2.45, 2.75) is 51.5 Å². The van der Waals surface area contributed by atoms with Gasteiger partial charge in [-0.3, -0.25) is 18.9 Å². The lowest BCUT2D eigenvalue weighted by molar-refractivity contribution is -0.127. The average Bonchev–Trinajstić information content (AvgIpc) is 3.78. The van der Waals surface area contributed by atoms with Gasteiger partial charge in [-0.25, -0.2) is 15.0 Å². The highest BCUT2D eigenvalue weighted by atomic mass is 16.2. The third-order valence-electron chi connectivity index (χ3n) is 8.29. The lowest BCUT2D eigenvalue weighted by Crippen LogP contribution is -2.30. The molecule has 2 amide bonds. The Labute approximate surface area is 251 Å². The summed E-state index contributed by atoms with van der Waals surface area (Å²) in [5.74, 6) is 1.43. The Morgan fingerprint density at radius 1 is 1.05 bits per heavy atom. The second kappa shape index (κ2) is 12.7. The van der Waals surface area contributed by atoms with Crippen LogP contribution >= 0.6 is 0 Å². The van der Waals surface area contributed by atoms with E-state index < -0.39 is 0 Å². The molecule has 2 aliphatic heterocycles. The number of aromatic nitrogens is 4. The number of hydrogen-bond donors (Lipinski definition) is 2. The molecule has 1 aromatic carbocycles. The molecule has 0 saturated carbocycles. The van der Waals surface area contributed by atoms with Crippen LogP contribution in [0.5, 0.6) is 0 Å². The van der Waals surface area contributed by atoms with Crippen LogP contribution in [0.25, 0.3) is 16.8 Å². The molecule has 1 atom stereocenters. The van der Waals surface area contributed by atoms with Crippen LogP contribution in [0.1, 0.15) is 66.8 Å². The highest BCUT2D eigenvalue weighted by Crippen LogP contribution is 2.36. The summed E-state index contributed by atoms with van der Waals surface area (Å²) in [6, 6.07) is 11.0. The van der Waals surface area contributed by atoms with E-state index >= 15 is 0 Å². The minimum absolute atomic E-state index is 0.00658. The Morgan fingerprint density at radius 3 is 2.65 bits per heavy atom. The average molecular weight is 579 g/mol. The fourth-order valence-corrected chi connectivity index (χ4v) is 6.14. The van der Waals surface area contributed by atoms with Gasteiger partial charge in [0.1, 0.15) is 28.7 Å². The summed E-state index contributed by atoms with van der Waals surface area (Å²) in [6.07, 6.45) is 15.0. The number of anilines is 2.